The molecule has 0 aliphatic heterocycles. The molecule has 0 amide bonds. The number of fused-ring (bicyclic) bond motifs is 1. The van der Waals surface area contributed by atoms with Crippen molar-refractivity contribution in [1.82, 2.24) is 9.78 Å². The van der Waals surface area contributed by atoms with Crippen molar-refractivity contribution in [2.24, 2.45) is 18.2 Å². The number of aromatic nitrogens is 2. The van der Waals surface area contributed by atoms with Crippen molar-refractivity contribution in [2.75, 3.05) is 0 Å². The third kappa shape index (κ3) is 1.19. The average molecular weight is 205 g/mol. The molecule has 0 bridgehead atoms. The quantitative estimate of drug-likeness (QED) is 0.756. The summed E-state index contributed by atoms with van der Waals surface area (Å²) in [6.07, 6.45) is 7.28. The van der Waals surface area contributed by atoms with Crippen LogP contribution < -0.4 is 5.73 Å². The van der Waals surface area contributed by atoms with E-state index in [0.717, 1.165) is 0 Å². The van der Waals surface area contributed by atoms with Crippen molar-refractivity contribution in [3.63, 3.8) is 0 Å². The lowest BCUT2D eigenvalue weighted by Gasteiger charge is -2.34. The summed E-state index contributed by atoms with van der Waals surface area (Å²) in [5, 5.41) is 4.39. The first-order valence-corrected chi connectivity index (χ1v) is 5.90. The maximum atomic E-state index is 6.17. The van der Waals surface area contributed by atoms with Gasteiger partial charge in [0.1, 0.15) is 0 Å². The van der Waals surface area contributed by atoms with Gasteiger partial charge in [-0.25, -0.2) is 0 Å². The van der Waals surface area contributed by atoms with Crippen molar-refractivity contribution in [2.45, 2.75) is 44.6 Å². The van der Waals surface area contributed by atoms with Gasteiger partial charge in [-0.2, -0.15) is 5.10 Å². The Morgan fingerprint density at radius 1 is 1.53 bits per heavy atom. The zero-order chi connectivity index (χ0) is 10.6. The molecule has 2 aliphatic rings. The van der Waals surface area contributed by atoms with E-state index in [-0.39, 0.29) is 6.04 Å². The van der Waals surface area contributed by atoms with Crippen LogP contribution in [0.3, 0.4) is 0 Å². The zero-order valence-corrected chi connectivity index (χ0v) is 9.53. The molecule has 82 valence electrons. The highest BCUT2D eigenvalue weighted by molar-refractivity contribution is 5.33. The average Bonchev–Trinajstić information content (AvgIpc) is 2.84. The number of nitrogens with zero attached hydrogens (tertiary/aromatic N) is 2. The highest BCUT2D eigenvalue weighted by Gasteiger charge is 2.53. The zero-order valence-electron chi connectivity index (χ0n) is 9.53. The van der Waals surface area contributed by atoms with Crippen LogP contribution in [0.5, 0.6) is 0 Å². The molecule has 2 atom stereocenters. The molecule has 0 saturated heterocycles. The molecule has 2 unspecified atom stereocenters. The van der Waals surface area contributed by atoms with Crippen molar-refractivity contribution in [3.05, 3.63) is 17.5 Å². The molecule has 2 N–H and O–H groups in total. The number of nitrogens with two attached hydrogens (primary N) is 1. The fraction of sp³-hybridized carbons (Fsp3) is 0.750. The summed E-state index contributed by atoms with van der Waals surface area (Å²) in [6, 6.07) is 0.260. The molecule has 3 rings (SSSR count). The molecular formula is C12H19N3. The van der Waals surface area contributed by atoms with Gasteiger partial charge in [0.05, 0.1) is 6.20 Å². The van der Waals surface area contributed by atoms with Crippen LogP contribution >= 0.6 is 0 Å². The van der Waals surface area contributed by atoms with E-state index in [2.05, 4.69) is 12.0 Å². The summed E-state index contributed by atoms with van der Waals surface area (Å²) < 4.78 is 2.03. The monoisotopic (exact) mass is 205 g/mol. The lowest BCUT2D eigenvalue weighted by molar-refractivity contribution is 0.309. The summed E-state index contributed by atoms with van der Waals surface area (Å²) in [4.78, 5) is 0. The van der Waals surface area contributed by atoms with Gasteiger partial charge in [0.2, 0.25) is 0 Å². The lowest BCUT2D eigenvalue weighted by atomic mass is 9.72. The van der Waals surface area contributed by atoms with Gasteiger partial charge in [0.25, 0.3) is 0 Å². The van der Waals surface area contributed by atoms with Crippen LogP contribution in [0.1, 0.15) is 43.4 Å². The normalized spacial score (nSPS) is 28.9. The predicted molar refractivity (Wildman–Crippen MR) is 59.6 cm³/mol. The van der Waals surface area contributed by atoms with Crippen LogP contribution in [0, 0.1) is 5.41 Å². The molecule has 1 heterocycles. The van der Waals surface area contributed by atoms with E-state index in [1.807, 2.05) is 17.9 Å². The van der Waals surface area contributed by atoms with Gasteiger partial charge < -0.3 is 5.73 Å². The molecule has 1 saturated carbocycles. The molecule has 2 aliphatic carbocycles. The maximum Gasteiger partial charge on any atom is 0.0528 e. The second-order valence-corrected chi connectivity index (χ2v) is 5.37. The minimum Gasteiger partial charge on any atom is -0.327 e. The largest absolute Gasteiger partial charge is 0.327 e. The molecule has 0 radical (unpaired) electrons. The molecule has 3 heteroatoms. The molecule has 0 aromatic carbocycles. The lowest BCUT2D eigenvalue weighted by Crippen LogP contribution is -2.35. The summed E-state index contributed by atoms with van der Waals surface area (Å²) in [6.45, 7) is 2.15. The first-order chi connectivity index (χ1) is 7.14. The Bertz CT molecular complexity index is 388. The van der Waals surface area contributed by atoms with Crippen LogP contribution in [0.15, 0.2) is 6.20 Å². The Morgan fingerprint density at radius 2 is 2.27 bits per heavy atom. The van der Waals surface area contributed by atoms with Gasteiger partial charge in [-0.3, -0.25) is 4.68 Å². The third-order valence-corrected chi connectivity index (χ3v) is 4.37. The van der Waals surface area contributed by atoms with Gasteiger partial charge >= 0.3 is 0 Å². The number of hydrogen-bond acceptors (Lipinski definition) is 2. The smallest absolute Gasteiger partial charge is 0.0528 e. The Kier molecular flexibility index (Phi) is 1.78. The summed E-state index contributed by atoms with van der Waals surface area (Å²) in [7, 11) is 2.04. The van der Waals surface area contributed by atoms with Crippen LogP contribution in [0.25, 0.3) is 0 Å². The van der Waals surface area contributed by atoms with Gasteiger partial charge in [0, 0.05) is 24.7 Å². The SMILES string of the molecule is CC(N)C1c2cnn(C)c2CCC12CC2. The first-order valence-electron chi connectivity index (χ1n) is 5.90. The summed E-state index contributed by atoms with van der Waals surface area (Å²) in [5.41, 5.74) is 9.55. The van der Waals surface area contributed by atoms with E-state index in [9.17, 15) is 0 Å². The second kappa shape index (κ2) is 2.85. The first kappa shape index (κ1) is 9.40. The maximum absolute atomic E-state index is 6.17. The second-order valence-electron chi connectivity index (χ2n) is 5.37. The van der Waals surface area contributed by atoms with Crippen molar-refractivity contribution < 1.29 is 0 Å². The van der Waals surface area contributed by atoms with Crippen LogP contribution in [-0.4, -0.2) is 15.8 Å². The highest BCUT2D eigenvalue weighted by atomic mass is 15.3. The fourth-order valence-electron chi connectivity index (χ4n) is 3.46. The van der Waals surface area contributed by atoms with Crippen molar-refractivity contribution in [1.29, 1.82) is 0 Å². The Labute approximate surface area is 90.7 Å². The van der Waals surface area contributed by atoms with Gasteiger partial charge in [-0.15, -0.1) is 0 Å². The minimum atomic E-state index is 0.260. The Hall–Kier alpha value is -0.830. The van der Waals surface area contributed by atoms with Crippen LogP contribution in [-0.2, 0) is 13.5 Å². The number of rotatable bonds is 1. The molecular weight excluding hydrogens is 186 g/mol. The molecule has 1 aromatic heterocycles. The summed E-state index contributed by atoms with van der Waals surface area (Å²) in [5.74, 6) is 0.551. The standard InChI is InChI=1S/C12H19N3/c1-8(13)11-9-7-14-15(2)10(9)3-4-12(11)5-6-12/h7-8,11H,3-6,13H2,1-2H3. The molecule has 15 heavy (non-hydrogen) atoms. The molecule has 1 spiro atoms. The van der Waals surface area contributed by atoms with Crippen molar-refractivity contribution in [3.8, 4) is 0 Å². The third-order valence-electron chi connectivity index (χ3n) is 4.37. The van der Waals surface area contributed by atoms with Crippen molar-refractivity contribution >= 4 is 0 Å². The number of hydrogen-bond donors (Lipinski definition) is 1. The van der Waals surface area contributed by atoms with Crippen LogP contribution in [0.2, 0.25) is 0 Å². The van der Waals surface area contributed by atoms with Gasteiger partial charge in [-0.1, -0.05) is 0 Å². The molecule has 3 nitrogen and oxygen atoms in total. The Balaban J connectivity index is 2.08. The van der Waals surface area contributed by atoms with Gasteiger partial charge in [-0.05, 0) is 43.6 Å². The summed E-state index contributed by atoms with van der Waals surface area (Å²) >= 11 is 0. The Morgan fingerprint density at radius 3 is 2.87 bits per heavy atom. The predicted octanol–water partition coefficient (Wildman–Crippen LogP) is 1.58. The highest BCUT2D eigenvalue weighted by Crippen LogP contribution is 2.62. The van der Waals surface area contributed by atoms with E-state index in [0.29, 0.717) is 11.3 Å². The van der Waals surface area contributed by atoms with E-state index >= 15 is 0 Å². The van der Waals surface area contributed by atoms with E-state index < -0.39 is 0 Å². The van der Waals surface area contributed by atoms with E-state index in [4.69, 9.17) is 5.73 Å². The molecule has 1 aromatic rings. The van der Waals surface area contributed by atoms with E-state index in [1.165, 1.54) is 36.9 Å². The van der Waals surface area contributed by atoms with Gasteiger partial charge in [0.15, 0.2) is 0 Å². The fourth-order valence-corrected chi connectivity index (χ4v) is 3.46. The topological polar surface area (TPSA) is 43.8 Å². The van der Waals surface area contributed by atoms with E-state index in [1.54, 1.807) is 0 Å². The number of aryl methyl sites for hydroxylation is 1. The minimum absolute atomic E-state index is 0.260. The molecule has 1 fully saturated rings. The van der Waals surface area contributed by atoms with Crippen LogP contribution in [0.4, 0.5) is 0 Å².